The number of benzene rings is 1. The van der Waals surface area contributed by atoms with Crippen molar-refractivity contribution >= 4 is 17.6 Å². The fourth-order valence-corrected chi connectivity index (χ4v) is 1.99. The van der Waals surface area contributed by atoms with Gasteiger partial charge in [0.2, 0.25) is 5.91 Å². The smallest absolute Gasteiger partial charge is 0.319 e. The highest BCUT2D eigenvalue weighted by molar-refractivity contribution is 5.93. The highest BCUT2D eigenvalue weighted by atomic mass is 16.2. The summed E-state index contributed by atoms with van der Waals surface area (Å²) in [5, 5.41) is 8.12. The van der Waals surface area contributed by atoms with Crippen LogP contribution in [0.4, 0.5) is 10.5 Å². The lowest BCUT2D eigenvalue weighted by molar-refractivity contribution is -0.120. The Morgan fingerprint density at radius 3 is 2.52 bits per heavy atom. The number of anilines is 1. The molecule has 0 aliphatic carbocycles. The van der Waals surface area contributed by atoms with E-state index in [0.29, 0.717) is 12.5 Å². The minimum atomic E-state index is -0.363. The van der Waals surface area contributed by atoms with E-state index >= 15 is 0 Å². The van der Waals surface area contributed by atoms with Gasteiger partial charge in [0, 0.05) is 12.2 Å². The molecule has 5 nitrogen and oxygen atoms in total. The number of carbonyl (C=O) groups excluding carboxylic acids is 2. The van der Waals surface area contributed by atoms with Gasteiger partial charge in [0.25, 0.3) is 0 Å². The van der Waals surface area contributed by atoms with Crippen LogP contribution in [0.15, 0.2) is 18.2 Å². The molecule has 0 aliphatic heterocycles. The maximum atomic E-state index is 11.9. The van der Waals surface area contributed by atoms with Crippen molar-refractivity contribution < 1.29 is 9.59 Å². The number of hydrogen-bond donors (Lipinski definition) is 3. The van der Waals surface area contributed by atoms with Crippen molar-refractivity contribution in [2.45, 2.75) is 40.0 Å². The lowest BCUT2D eigenvalue weighted by Gasteiger charge is -2.16. The summed E-state index contributed by atoms with van der Waals surface area (Å²) in [4.78, 5) is 23.4. The van der Waals surface area contributed by atoms with Gasteiger partial charge in [-0.15, -0.1) is 0 Å². The lowest BCUT2D eigenvalue weighted by atomic mass is 9.98. The fourth-order valence-electron chi connectivity index (χ4n) is 1.99. The van der Waals surface area contributed by atoms with Crippen LogP contribution in [0.5, 0.6) is 0 Å². The minimum Gasteiger partial charge on any atom is -0.355 e. The molecular formula is C16H25N3O2. The molecular weight excluding hydrogens is 266 g/mol. The second kappa shape index (κ2) is 8.29. The molecule has 0 aromatic heterocycles. The summed E-state index contributed by atoms with van der Waals surface area (Å²) in [7, 11) is 0. The zero-order chi connectivity index (χ0) is 15.8. The van der Waals surface area contributed by atoms with E-state index in [2.05, 4.69) is 29.8 Å². The molecule has 3 N–H and O–H groups in total. The SMILES string of the molecule is CCCNC(=O)CNC(=O)Nc1c(C)cccc1C(C)C. The number of aryl methyl sites for hydroxylation is 1. The van der Waals surface area contributed by atoms with E-state index in [4.69, 9.17) is 0 Å². The first-order chi connectivity index (χ1) is 9.95. The van der Waals surface area contributed by atoms with E-state index in [-0.39, 0.29) is 18.5 Å². The van der Waals surface area contributed by atoms with Crippen LogP contribution in [0.2, 0.25) is 0 Å². The quantitative estimate of drug-likeness (QED) is 0.754. The molecule has 1 aromatic carbocycles. The van der Waals surface area contributed by atoms with Gasteiger partial charge in [0.05, 0.1) is 6.54 Å². The predicted octanol–water partition coefficient (Wildman–Crippen LogP) is 2.77. The first-order valence-corrected chi connectivity index (χ1v) is 7.36. The monoisotopic (exact) mass is 291 g/mol. The van der Waals surface area contributed by atoms with Gasteiger partial charge in [-0.05, 0) is 30.4 Å². The van der Waals surface area contributed by atoms with Crippen LogP contribution in [0.25, 0.3) is 0 Å². The van der Waals surface area contributed by atoms with Gasteiger partial charge >= 0.3 is 6.03 Å². The molecule has 0 radical (unpaired) electrons. The molecule has 1 rings (SSSR count). The number of urea groups is 1. The molecule has 0 spiro atoms. The Balaban J connectivity index is 2.61. The molecule has 0 atom stereocenters. The molecule has 0 aliphatic rings. The molecule has 21 heavy (non-hydrogen) atoms. The highest BCUT2D eigenvalue weighted by Crippen LogP contribution is 2.27. The molecule has 1 aromatic rings. The second-order valence-electron chi connectivity index (χ2n) is 5.35. The zero-order valence-corrected chi connectivity index (χ0v) is 13.2. The standard InChI is InChI=1S/C16H25N3O2/c1-5-9-17-14(20)10-18-16(21)19-15-12(4)7-6-8-13(15)11(2)3/h6-8,11H,5,9-10H2,1-4H3,(H,17,20)(H2,18,19,21). The zero-order valence-electron chi connectivity index (χ0n) is 13.2. The van der Waals surface area contributed by atoms with E-state index in [1.54, 1.807) is 0 Å². The summed E-state index contributed by atoms with van der Waals surface area (Å²) in [6.07, 6.45) is 0.874. The molecule has 0 unspecified atom stereocenters. The Kier molecular flexibility index (Phi) is 6.72. The van der Waals surface area contributed by atoms with Gasteiger partial charge in [-0.3, -0.25) is 4.79 Å². The van der Waals surface area contributed by atoms with Crippen LogP contribution >= 0.6 is 0 Å². The number of para-hydroxylation sites is 1. The van der Waals surface area contributed by atoms with Crippen molar-refractivity contribution in [2.24, 2.45) is 0 Å². The van der Waals surface area contributed by atoms with Crippen LogP contribution in [-0.4, -0.2) is 25.0 Å². The first-order valence-electron chi connectivity index (χ1n) is 7.36. The van der Waals surface area contributed by atoms with Crippen LogP contribution in [0.3, 0.4) is 0 Å². The highest BCUT2D eigenvalue weighted by Gasteiger charge is 2.12. The number of hydrogen-bond acceptors (Lipinski definition) is 2. The van der Waals surface area contributed by atoms with E-state index in [1.165, 1.54) is 0 Å². The van der Waals surface area contributed by atoms with E-state index in [0.717, 1.165) is 23.2 Å². The maximum Gasteiger partial charge on any atom is 0.319 e. The molecule has 0 bridgehead atoms. The Labute approximate surface area is 126 Å². The third-order valence-corrected chi connectivity index (χ3v) is 3.15. The predicted molar refractivity (Wildman–Crippen MR) is 85.6 cm³/mol. The van der Waals surface area contributed by atoms with E-state index < -0.39 is 0 Å². The maximum absolute atomic E-state index is 11.9. The summed E-state index contributed by atoms with van der Waals surface area (Å²) in [6, 6.07) is 5.57. The summed E-state index contributed by atoms with van der Waals surface area (Å²) in [5.41, 5.74) is 2.91. The fraction of sp³-hybridized carbons (Fsp3) is 0.500. The van der Waals surface area contributed by atoms with Crippen LogP contribution in [0.1, 0.15) is 44.2 Å². The Morgan fingerprint density at radius 1 is 1.19 bits per heavy atom. The number of nitrogens with one attached hydrogen (secondary N) is 3. The molecule has 0 saturated heterocycles. The van der Waals surface area contributed by atoms with Gasteiger partial charge in [-0.2, -0.15) is 0 Å². The molecule has 0 heterocycles. The lowest BCUT2D eigenvalue weighted by Crippen LogP contribution is -2.39. The second-order valence-corrected chi connectivity index (χ2v) is 5.35. The molecule has 3 amide bonds. The number of carbonyl (C=O) groups is 2. The average molecular weight is 291 g/mol. The Morgan fingerprint density at radius 2 is 1.90 bits per heavy atom. The summed E-state index contributed by atoms with van der Waals surface area (Å²) in [6.45, 7) is 8.69. The van der Waals surface area contributed by atoms with Crippen LogP contribution in [0, 0.1) is 6.92 Å². The first kappa shape index (κ1) is 17.0. The summed E-state index contributed by atoms with van der Waals surface area (Å²) >= 11 is 0. The van der Waals surface area contributed by atoms with Crippen molar-refractivity contribution in [3.63, 3.8) is 0 Å². The van der Waals surface area contributed by atoms with Gasteiger partial charge < -0.3 is 16.0 Å². The summed E-state index contributed by atoms with van der Waals surface area (Å²) in [5.74, 6) is 0.133. The normalized spacial score (nSPS) is 10.3. The van der Waals surface area contributed by atoms with Gasteiger partial charge in [0.1, 0.15) is 0 Å². The third kappa shape index (κ3) is 5.45. The minimum absolute atomic E-state index is 0.0191. The topological polar surface area (TPSA) is 70.2 Å². The van der Waals surface area contributed by atoms with E-state index in [9.17, 15) is 9.59 Å². The summed E-state index contributed by atoms with van der Waals surface area (Å²) < 4.78 is 0. The van der Waals surface area contributed by atoms with Crippen molar-refractivity contribution in [3.8, 4) is 0 Å². The largest absolute Gasteiger partial charge is 0.355 e. The molecule has 0 fully saturated rings. The van der Waals surface area contributed by atoms with Crippen molar-refractivity contribution in [1.82, 2.24) is 10.6 Å². The Bertz CT molecular complexity index is 498. The third-order valence-electron chi connectivity index (χ3n) is 3.15. The van der Waals surface area contributed by atoms with Crippen molar-refractivity contribution in [3.05, 3.63) is 29.3 Å². The average Bonchev–Trinajstić information content (AvgIpc) is 2.44. The number of rotatable bonds is 6. The molecule has 0 saturated carbocycles. The van der Waals surface area contributed by atoms with Gasteiger partial charge in [-0.25, -0.2) is 4.79 Å². The van der Waals surface area contributed by atoms with Crippen LogP contribution < -0.4 is 16.0 Å². The molecule has 116 valence electrons. The van der Waals surface area contributed by atoms with E-state index in [1.807, 2.05) is 32.0 Å². The number of amides is 3. The van der Waals surface area contributed by atoms with Crippen molar-refractivity contribution in [1.29, 1.82) is 0 Å². The van der Waals surface area contributed by atoms with Crippen molar-refractivity contribution in [2.75, 3.05) is 18.4 Å². The van der Waals surface area contributed by atoms with Gasteiger partial charge in [-0.1, -0.05) is 39.0 Å². The Hall–Kier alpha value is -2.04. The molecule has 5 heteroatoms. The van der Waals surface area contributed by atoms with Gasteiger partial charge in [0.15, 0.2) is 0 Å². The van der Waals surface area contributed by atoms with Crippen LogP contribution in [-0.2, 0) is 4.79 Å².